The lowest BCUT2D eigenvalue weighted by Gasteiger charge is -2.09. The molecule has 0 aliphatic carbocycles. The first-order chi connectivity index (χ1) is 27.1. The van der Waals surface area contributed by atoms with E-state index >= 15 is 0 Å². The Labute approximate surface area is 322 Å². The summed E-state index contributed by atoms with van der Waals surface area (Å²) in [6.45, 7) is 0. The van der Waals surface area contributed by atoms with Crippen LogP contribution in [0.2, 0.25) is 0 Å². The summed E-state index contributed by atoms with van der Waals surface area (Å²) in [5, 5.41) is 0. The van der Waals surface area contributed by atoms with Gasteiger partial charge in [-0.2, -0.15) is 0 Å². The van der Waals surface area contributed by atoms with Crippen LogP contribution in [-0.4, -0.2) is 0 Å². The molecule has 0 fully saturated rings. The molecule has 9 aromatic carbocycles. The maximum atomic E-state index is 13.7. The van der Waals surface area contributed by atoms with Crippen LogP contribution in [0.1, 0.15) is 0 Å². The molecule has 9 rings (SSSR count). The lowest BCUT2D eigenvalue weighted by molar-refractivity contribution is 0.628. The molecule has 0 spiro atoms. The minimum Gasteiger partial charge on any atom is -0.207 e. The molecule has 0 saturated heterocycles. The average molecular weight is 705 g/mol. The third kappa shape index (κ3) is 7.42. The summed E-state index contributed by atoms with van der Waals surface area (Å²) >= 11 is 0. The maximum absolute atomic E-state index is 13.7. The third-order valence-electron chi connectivity index (χ3n) is 10.5. The monoisotopic (exact) mass is 704 g/mol. The fourth-order valence-electron chi connectivity index (χ4n) is 7.28. The van der Waals surface area contributed by atoms with Crippen molar-refractivity contribution in [1.29, 1.82) is 0 Å². The number of hydrogen-bond acceptors (Lipinski definition) is 0. The highest BCUT2D eigenvalue weighted by atomic mass is 19.1. The molecule has 260 valence electrons. The molecular weight excluding hydrogens is 668 g/mol. The van der Waals surface area contributed by atoms with E-state index in [1.165, 1.54) is 72.8 Å². The van der Waals surface area contributed by atoms with Crippen molar-refractivity contribution in [3.63, 3.8) is 0 Å². The Morgan fingerprint density at radius 1 is 0.164 bits per heavy atom. The van der Waals surface area contributed by atoms with Crippen LogP contribution in [-0.2, 0) is 0 Å². The topological polar surface area (TPSA) is 0 Å². The SMILES string of the molecule is Fc1cccc(-c2ccc(-c3ccc(-c4ccc(-c5ccc(-c6ccc(-c7ccc(-c8ccc(-c9ccccc9)cc8)cc7)cc6)cc5)cc4)cc3)cc2)c1. The van der Waals surface area contributed by atoms with Crippen molar-refractivity contribution < 1.29 is 4.39 Å². The first-order valence-electron chi connectivity index (χ1n) is 18.7. The van der Waals surface area contributed by atoms with Gasteiger partial charge < -0.3 is 0 Å². The van der Waals surface area contributed by atoms with Gasteiger partial charge in [-0.05, 0) is 101 Å². The summed E-state index contributed by atoms with van der Waals surface area (Å²) < 4.78 is 13.7. The van der Waals surface area contributed by atoms with Crippen LogP contribution in [0.3, 0.4) is 0 Å². The molecule has 0 atom stereocenters. The standard InChI is InChI=1S/C54H37F/c55-54-8-4-7-53(37-54)52-35-33-51(34-36-52)50-31-29-49(30-32-50)48-27-25-47(26-28-48)46-23-21-45(22-24-46)44-19-17-43(18-20-44)42-15-13-41(14-16-42)40-11-9-39(10-12-40)38-5-2-1-3-6-38/h1-37H. The van der Waals surface area contributed by atoms with Crippen molar-refractivity contribution >= 4 is 0 Å². The molecule has 0 aromatic heterocycles. The van der Waals surface area contributed by atoms with Crippen molar-refractivity contribution in [3.8, 4) is 89.0 Å². The molecule has 0 amide bonds. The van der Waals surface area contributed by atoms with Crippen LogP contribution in [0.5, 0.6) is 0 Å². The van der Waals surface area contributed by atoms with E-state index in [9.17, 15) is 4.39 Å². The molecule has 0 unspecified atom stereocenters. The van der Waals surface area contributed by atoms with Gasteiger partial charge in [-0.3, -0.25) is 0 Å². The first kappa shape index (κ1) is 33.7. The predicted octanol–water partition coefficient (Wildman–Crippen LogP) is 15.2. The quantitative estimate of drug-likeness (QED) is 0.148. The Kier molecular flexibility index (Phi) is 9.26. The Balaban J connectivity index is 0.830. The highest BCUT2D eigenvalue weighted by molar-refractivity contribution is 5.78. The lowest BCUT2D eigenvalue weighted by Crippen LogP contribution is -1.84. The minimum absolute atomic E-state index is 0.221. The minimum atomic E-state index is -0.221. The van der Waals surface area contributed by atoms with Crippen LogP contribution >= 0.6 is 0 Å². The normalized spacial score (nSPS) is 11.0. The van der Waals surface area contributed by atoms with Crippen molar-refractivity contribution in [2.75, 3.05) is 0 Å². The zero-order valence-electron chi connectivity index (χ0n) is 30.2. The van der Waals surface area contributed by atoms with Gasteiger partial charge in [0.25, 0.3) is 0 Å². The number of hydrogen-bond donors (Lipinski definition) is 0. The van der Waals surface area contributed by atoms with Crippen LogP contribution < -0.4 is 0 Å². The van der Waals surface area contributed by atoms with E-state index in [1.807, 2.05) is 18.2 Å². The molecule has 0 heterocycles. The van der Waals surface area contributed by atoms with Crippen LogP contribution in [0.4, 0.5) is 4.39 Å². The predicted molar refractivity (Wildman–Crippen MR) is 230 cm³/mol. The molecule has 0 N–H and O–H groups in total. The Morgan fingerprint density at radius 2 is 0.345 bits per heavy atom. The maximum Gasteiger partial charge on any atom is 0.123 e. The Morgan fingerprint density at radius 3 is 0.564 bits per heavy atom. The van der Waals surface area contributed by atoms with E-state index < -0.39 is 0 Å². The van der Waals surface area contributed by atoms with Gasteiger partial charge >= 0.3 is 0 Å². The summed E-state index contributed by atoms with van der Waals surface area (Å²) in [4.78, 5) is 0. The fourth-order valence-corrected chi connectivity index (χ4v) is 7.28. The smallest absolute Gasteiger partial charge is 0.123 e. The highest BCUT2D eigenvalue weighted by Gasteiger charge is 2.07. The van der Waals surface area contributed by atoms with E-state index in [4.69, 9.17) is 0 Å². The summed E-state index contributed by atoms with van der Waals surface area (Å²) in [6.07, 6.45) is 0. The van der Waals surface area contributed by atoms with Crippen LogP contribution in [0, 0.1) is 5.82 Å². The average Bonchev–Trinajstić information content (AvgIpc) is 3.27. The molecule has 1 heteroatoms. The molecular formula is C54H37F. The van der Waals surface area contributed by atoms with Gasteiger partial charge in [0.1, 0.15) is 5.82 Å². The van der Waals surface area contributed by atoms with E-state index in [-0.39, 0.29) is 5.82 Å². The first-order valence-corrected chi connectivity index (χ1v) is 18.7. The molecule has 0 aliphatic rings. The van der Waals surface area contributed by atoms with Crippen LogP contribution in [0.15, 0.2) is 224 Å². The van der Waals surface area contributed by atoms with E-state index in [2.05, 4.69) is 188 Å². The van der Waals surface area contributed by atoms with Gasteiger partial charge in [0.2, 0.25) is 0 Å². The van der Waals surface area contributed by atoms with Gasteiger partial charge in [0.15, 0.2) is 0 Å². The molecule has 0 bridgehead atoms. The molecule has 9 aromatic rings. The fraction of sp³-hybridized carbons (Fsp3) is 0. The van der Waals surface area contributed by atoms with Gasteiger partial charge in [-0.15, -0.1) is 0 Å². The number of benzene rings is 9. The summed E-state index contributed by atoms with van der Waals surface area (Å²) in [5.74, 6) is -0.221. The summed E-state index contributed by atoms with van der Waals surface area (Å²) in [6, 6.07) is 78.3. The van der Waals surface area contributed by atoms with Crippen LogP contribution in [0.25, 0.3) is 89.0 Å². The molecule has 0 aliphatic heterocycles. The second-order valence-electron chi connectivity index (χ2n) is 13.9. The lowest BCUT2D eigenvalue weighted by atomic mass is 9.95. The number of halogens is 1. The Hall–Kier alpha value is -7.09. The summed E-state index contributed by atoms with van der Waals surface area (Å²) in [7, 11) is 0. The Bertz CT molecular complexity index is 2660. The van der Waals surface area contributed by atoms with E-state index in [0.29, 0.717) is 0 Å². The molecule has 0 saturated carbocycles. The van der Waals surface area contributed by atoms with Gasteiger partial charge in [0, 0.05) is 0 Å². The second-order valence-corrected chi connectivity index (χ2v) is 13.9. The largest absolute Gasteiger partial charge is 0.207 e. The second kappa shape index (κ2) is 15.1. The molecule has 0 radical (unpaired) electrons. The van der Waals surface area contributed by atoms with Crippen molar-refractivity contribution in [1.82, 2.24) is 0 Å². The molecule has 0 nitrogen and oxygen atoms in total. The van der Waals surface area contributed by atoms with E-state index in [1.54, 1.807) is 12.1 Å². The third-order valence-corrected chi connectivity index (χ3v) is 10.5. The van der Waals surface area contributed by atoms with Crippen molar-refractivity contribution in [2.24, 2.45) is 0 Å². The van der Waals surface area contributed by atoms with Crippen molar-refractivity contribution in [3.05, 3.63) is 230 Å². The molecule has 55 heavy (non-hydrogen) atoms. The summed E-state index contributed by atoms with van der Waals surface area (Å²) in [5.41, 5.74) is 18.6. The zero-order chi connectivity index (χ0) is 37.0. The van der Waals surface area contributed by atoms with Gasteiger partial charge in [0.05, 0.1) is 0 Å². The van der Waals surface area contributed by atoms with E-state index in [0.717, 1.165) is 22.3 Å². The number of rotatable bonds is 8. The van der Waals surface area contributed by atoms with Gasteiger partial charge in [-0.25, -0.2) is 4.39 Å². The zero-order valence-corrected chi connectivity index (χ0v) is 30.2. The van der Waals surface area contributed by atoms with Gasteiger partial charge in [-0.1, -0.05) is 212 Å². The van der Waals surface area contributed by atoms with Crippen molar-refractivity contribution in [2.45, 2.75) is 0 Å². The highest BCUT2D eigenvalue weighted by Crippen LogP contribution is 2.32.